The summed E-state index contributed by atoms with van der Waals surface area (Å²) >= 11 is 1.65. The third kappa shape index (κ3) is 3.14. The summed E-state index contributed by atoms with van der Waals surface area (Å²) in [6, 6.07) is 8.48. The van der Waals surface area contributed by atoms with E-state index in [0.29, 0.717) is 6.10 Å². The number of rotatable bonds is 4. The molecule has 0 bridgehead atoms. The van der Waals surface area contributed by atoms with Gasteiger partial charge in [-0.05, 0) is 19.8 Å². The Morgan fingerprint density at radius 2 is 2.21 bits per heavy atom. The maximum Gasteiger partial charge on any atom is 0.183 e. The molecule has 0 radical (unpaired) electrons. The smallest absolute Gasteiger partial charge is 0.183 e. The summed E-state index contributed by atoms with van der Waals surface area (Å²) in [5.74, 6) is 0. The van der Waals surface area contributed by atoms with Crippen LogP contribution in [0.5, 0.6) is 0 Å². The number of aryl methyl sites for hydroxylation is 1. The molecule has 0 spiro atoms. The molecule has 1 fully saturated rings. The molecule has 1 aromatic carbocycles. The number of thiazole rings is 1. The second-order valence-electron chi connectivity index (χ2n) is 4.92. The Morgan fingerprint density at radius 3 is 2.95 bits per heavy atom. The molecule has 1 aliphatic rings. The number of hydrogen-bond acceptors (Lipinski definition) is 4. The molecule has 19 heavy (non-hydrogen) atoms. The average Bonchev–Trinajstić information content (AvgIpc) is 3.09. The zero-order valence-electron chi connectivity index (χ0n) is 11.1. The first-order chi connectivity index (χ1) is 9.31. The largest absolute Gasteiger partial charge is 0.376 e. The van der Waals surface area contributed by atoms with E-state index in [-0.39, 0.29) is 0 Å². The second kappa shape index (κ2) is 5.72. The van der Waals surface area contributed by atoms with Gasteiger partial charge in [0.05, 0.1) is 11.8 Å². The summed E-state index contributed by atoms with van der Waals surface area (Å²) in [6.45, 7) is 3.86. The normalized spacial score (nSPS) is 18.7. The number of hydrogen-bond donors (Lipinski definition) is 1. The van der Waals surface area contributed by atoms with Gasteiger partial charge in [-0.15, -0.1) is 11.3 Å². The van der Waals surface area contributed by atoms with Crippen LogP contribution in [0.15, 0.2) is 29.6 Å². The highest BCUT2D eigenvalue weighted by molar-refractivity contribution is 7.14. The third-order valence-corrected chi connectivity index (χ3v) is 4.16. The molecule has 0 unspecified atom stereocenters. The zero-order chi connectivity index (χ0) is 13.1. The number of anilines is 1. The Hall–Kier alpha value is -1.39. The van der Waals surface area contributed by atoms with Crippen LogP contribution < -0.4 is 5.32 Å². The lowest BCUT2D eigenvalue weighted by Crippen LogP contribution is -2.18. The lowest BCUT2D eigenvalue weighted by Gasteiger charge is -2.09. The van der Waals surface area contributed by atoms with E-state index in [4.69, 9.17) is 4.74 Å². The minimum atomic E-state index is 0.353. The molecule has 2 aromatic rings. The van der Waals surface area contributed by atoms with Crippen molar-refractivity contribution in [2.45, 2.75) is 25.9 Å². The van der Waals surface area contributed by atoms with Crippen molar-refractivity contribution in [3.8, 4) is 11.3 Å². The molecule has 100 valence electrons. The monoisotopic (exact) mass is 274 g/mol. The number of aromatic nitrogens is 1. The first-order valence-corrected chi connectivity index (χ1v) is 7.57. The predicted octanol–water partition coefficient (Wildman–Crippen LogP) is 3.71. The summed E-state index contributed by atoms with van der Waals surface area (Å²) < 4.78 is 5.59. The van der Waals surface area contributed by atoms with Crippen LogP contribution in [0.3, 0.4) is 0 Å². The van der Waals surface area contributed by atoms with Crippen molar-refractivity contribution < 1.29 is 4.74 Å². The highest BCUT2D eigenvalue weighted by Gasteiger charge is 2.15. The van der Waals surface area contributed by atoms with Crippen molar-refractivity contribution in [3.05, 3.63) is 35.2 Å². The first-order valence-electron chi connectivity index (χ1n) is 6.69. The van der Waals surface area contributed by atoms with Crippen LogP contribution in [0, 0.1) is 6.92 Å². The Bertz CT molecular complexity index is 529. The summed E-state index contributed by atoms with van der Waals surface area (Å²) in [7, 11) is 0. The van der Waals surface area contributed by atoms with Crippen molar-refractivity contribution in [1.29, 1.82) is 0 Å². The van der Waals surface area contributed by atoms with Gasteiger partial charge < -0.3 is 10.1 Å². The van der Waals surface area contributed by atoms with Gasteiger partial charge in [-0.3, -0.25) is 0 Å². The summed E-state index contributed by atoms with van der Waals surface area (Å²) in [4.78, 5) is 4.62. The molecule has 1 saturated heterocycles. The fourth-order valence-electron chi connectivity index (χ4n) is 2.22. The molecular weight excluding hydrogens is 256 g/mol. The molecule has 3 rings (SSSR count). The van der Waals surface area contributed by atoms with E-state index in [9.17, 15) is 0 Å². The first kappa shape index (κ1) is 12.6. The molecule has 1 aromatic heterocycles. The Labute approximate surface area is 117 Å². The highest BCUT2D eigenvalue weighted by Crippen LogP contribution is 2.25. The third-order valence-electron chi connectivity index (χ3n) is 3.36. The lowest BCUT2D eigenvalue weighted by molar-refractivity contribution is 0.120. The van der Waals surface area contributed by atoms with E-state index >= 15 is 0 Å². The van der Waals surface area contributed by atoms with Crippen molar-refractivity contribution in [2.75, 3.05) is 18.5 Å². The number of ether oxygens (including phenoxy) is 1. The molecule has 3 nitrogen and oxygen atoms in total. The van der Waals surface area contributed by atoms with Crippen LogP contribution in [-0.4, -0.2) is 24.2 Å². The van der Waals surface area contributed by atoms with Gasteiger partial charge in [0.25, 0.3) is 0 Å². The van der Waals surface area contributed by atoms with Crippen LogP contribution in [-0.2, 0) is 4.74 Å². The van der Waals surface area contributed by atoms with Gasteiger partial charge in [-0.25, -0.2) is 4.98 Å². The van der Waals surface area contributed by atoms with Gasteiger partial charge in [0.1, 0.15) is 0 Å². The van der Waals surface area contributed by atoms with Crippen LogP contribution in [0.25, 0.3) is 11.3 Å². The molecule has 1 atom stereocenters. The Kier molecular flexibility index (Phi) is 3.80. The van der Waals surface area contributed by atoms with Crippen molar-refractivity contribution in [3.63, 3.8) is 0 Å². The van der Waals surface area contributed by atoms with Crippen LogP contribution in [0.1, 0.15) is 18.4 Å². The quantitative estimate of drug-likeness (QED) is 0.923. The zero-order valence-corrected chi connectivity index (χ0v) is 11.9. The maximum atomic E-state index is 5.59. The Balaban J connectivity index is 1.63. The van der Waals surface area contributed by atoms with Gasteiger partial charge in [0.2, 0.25) is 0 Å². The minimum Gasteiger partial charge on any atom is -0.376 e. The number of nitrogens with one attached hydrogen (secondary N) is 1. The summed E-state index contributed by atoms with van der Waals surface area (Å²) in [5.41, 5.74) is 3.49. The van der Waals surface area contributed by atoms with E-state index in [1.54, 1.807) is 11.3 Å². The maximum absolute atomic E-state index is 5.59. The molecule has 0 saturated carbocycles. The molecule has 0 aliphatic carbocycles. The molecule has 0 amide bonds. The van der Waals surface area contributed by atoms with Crippen molar-refractivity contribution in [1.82, 2.24) is 4.98 Å². The Morgan fingerprint density at radius 1 is 1.37 bits per heavy atom. The van der Waals surface area contributed by atoms with Crippen LogP contribution >= 0.6 is 11.3 Å². The standard InChI is InChI=1S/C15H18N2OS/c1-11-4-6-12(7-5-11)14-10-19-15(17-14)16-9-13-3-2-8-18-13/h4-7,10,13H,2-3,8-9H2,1H3,(H,16,17)/t13-/m1/s1. The highest BCUT2D eigenvalue weighted by atomic mass is 32.1. The molecule has 4 heteroatoms. The minimum absolute atomic E-state index is 0.353. The van der Waals surface area contributed by atoms with E-state index < -0.39 is 0 Å². The lowest BCUT2D eigenvalue weighted by atomic mass is 10.1. The van der Waals surface area contributed by atoms with E-state index in [2.05, 4.69) is 46.9 Å². The van der Waals surface area contributed by atoms with Gasteiger partial charge in [-0.2, -0.15) is 0 Å². The van der Waals surface area contributed by atoms with Crippen molar-refractivity contribution >= 4 is 16.5 Å². The van der Waals surface area contributed by atoms with Crippen LogP contribution in [0.2, 0.25) is 0 Å². The van der Waals surface area contributed by atoms with Crippen molar-refractivity contribution in [2.24, 2.45) is 0 Å². The molecule has 1 aliphatic heterocycles. The van der Waals surface area contributed by atoms with Gasteiger partial charge in [0, 0.05) is 24.1 Å². The summed E-state index contributed by atoms with van der Waals surface area (Å²) in [5, 5.41) is 6.45. The molecule has 1 N–H and O–H groups in total. The second-order valence-corrected chi connectivity index (χ2v) is 5.78. The average molecular weight is 274 g/mol. The fraction of sp³-hybridized carbons (Fsp3) is 0.400. The predicted molar refractivity (Wildman–Crippen MR) is 79.8 cm³/mol. The van der Waals surface area contributed by atoms with E-state index in [1.807, 2.05) is 0 Å². The van der Waals surface area contributed by atoms with Gasteiger partial charge >= 0.3 is 0 Å². The SMILES string of the molecule is Cc1ccc(-c2csc(NC[C@H]3CCCO3)n2)cc1. The van der Waals surface area contributed by atoms with E-state index in [1.165, 1.54) is 17.5 Å². The number of nitrogens with zero attached hydrogens (tertiary/aromatic N) is 1. The van der Waals surface area contributed by atoms with Gasteiger partial charge in [0.15, 0.2) is 5.13 Å². The summed E-state index contributed by atoms with van der Waals surface area (Å²) in [6.07, 6.45) is 2.69. The van der Waals surface area contributed by atoms with E-state index in [0.717, 1.165) is 30.4 Å². The molecular formula is C15H18N2OS. The van der Waals surface area contributed by atoms with Gasteiger partial charge in [-0.1, -0.05) is 29.8 Å². The fourth-order valence-corrected chi connectivity index (χ4v) is 2.95. The molecule has 2 heterocycles. The number of benzene rings is 1. The topological polar surface area (TPSA) is 34.1 Å². The van der Waals surface area contributed by atoms with Crippen LogP contribution in [0.4, 0.5) is 5.13 Å².